The number of hydrazone groups is 1. The van der Waals surface area contributed by atoms with Gasteiger partial charge in [0.1, 0.15) is 10.6 Å². The van der Waals surface area contributed by atoms with E-state index in [0.29, 0.717) is 11.3 Å². The lowest BCUT2D eigenvalue weighted by molar-refractivity contribution is 0.0702. The Hall–Kier alpha value is -2.97. The molecule has 0 saturated heterocycles. The summed E-state index contributed by atoms with van der Waals surface area (Å²) in [5.74, 6) is -1.42. The molecule has 6 nitrogen and oxygen atoms in total. The average molecular weight is 427 g/mol. The molecule has 0 aliphatic heterocycles. The van der Waals surface area contributed by atoms with E-state index in [1.807, 2.05) is 11.4 Å². The Morgan fingerprint density at radius 2 is 1.86 bits per heavy atom. The molecule has 1 aromatic carbocycles. The Bertz CT molecular complexity index is 1140. The third-order valence-corrected chi connectivity index (χ3v) is 6.97. The van der Waals surface area contributed by atoms with Crippen molar-refractivity contribution in [2.45, 2.75) is 26.2 Å². The number of carbonyl (C=O) groups excluding carboxylic acids is 1. The van der Waals surface area contributed by atoms with E-state index >= 15 is 0 Å². The largest absolute Gasteiger partial charge is 0.506 e. The van der Waals surface area contributed by atoms with Gasteiger partial charge in [0.2, 0.25) is 0 Å². The van der Waals surface area contributed by atoms with Crippen molar-refractivity contribution in [1.82, 2.24) is 5.43 Å². The van der Waals surface area contributed by atoms with E-state index in [1.54, 1.807) is 6.92 Å². The van der Waals surface area contributed by atoms with Gasteiger partial charge in [-0.15, -0.1) is 22.7 Å². The molecule has 0 fully saturated rings. The summed E-state index contributed by atoms with van der Waals surface area (Å²) in [6.07, 6.45) is 3.35. The first-order chi connectivity index (χ1) is 13.9. The van der Waals surface area contributed by atoms with Crippen LogP contribution in [0.1, 0.15) is 49.4 Å². The first kappa shape index (κ1) is 19.4. The summed E-state index contributed by atoms with van der Waals surface area (Å²) in [5, 5.41) is 25.5. The van der Waals surface area contributed by atoms with Gasteiger partial charge in [-0.2, -0.15) is 5.10 Å². The van der Waals surface area contributed by atoms with Gasteiger partial charge < -0.3 is 10.2 Å². The molecule has 3 aromatic rings. The number of benzene rings is 1. The number of aromatic carboxylic acids is 1. The number of amides is 1. The zero-order valence-corrected chi connectivity index (χ0v) is 17.2. The quantitative estimate of drug-likeness (QED) is 0.412. The first-order valence-corrected chi connectivity index (χ1v) is 10.7. The van der Waals surface area contributed by atoms with Crippen LogP contribution in [0.15, 0.2) is 40.8 Å². The van der Waals surface area contributed by atoms with Gasteiger partial charge in [-0.3, -0.25) is 4.79 Å². The lowest BCUT2D eigenvalue weighted by atomic mass is 10.0. The molecule has 29 heavy (non-hydrogen) atoms. The van der Waals surface area contributed by atoms with E-state index < -0.39 is 11.9 Å². The summed E-state index contributed by atoms with van der Waals surface area (Å²) in [6, 6.07) is 9.13. The predicted molar refractivity (Wildman–Crippen MR) is 114 cm³/mol. The molecule has 2 aromatic heterocycles. The van der Waals surface area contributed by atoms with Crippen LogP contribution in [0, 0.1) is 0 Å². The van der Waals surface area contributed by atoms with Crippen molar-refractivity contribution < 1.29 is 19.8 Å². The molecule has 0 saturated carbocycles. The number of hydrogen-bond acceptors (Lipinski definition) is 6. The number of carboxylic acids is 1. The van der Waals surface area contributed by atoms with Crippen molar-refractivity contribution in [2.75, 3.05) is 0 Å². The smallest absolute Gasteiger partial charge is 0.345 e. The third kappa shape index (κ3) is 3.81. The number of nitrogens with zero attached hydrogens (tertiary/aromatic N) is 1. The van der Waals surface area contributed by atoms with Gasteiger partial charge >= 0.3 is 5.97 Å². The number of carbonyl (C=O) groups is 2. The number of fused-ring (bicyclic) bond motifs is 1. The van der Waals surface area contributed by atoms with Gasteiger partial charge in [-0.1, -0.05) is 12.1 Å². The van der Waals surface area contributed by atoms with E-state index in [2.05, 4.69) is 22.7 Å². The Kier molecular flexibility index (Phi) is 5.21. The van der Waals surface area contributed by atoms with Gasteiger partial charge in [0, 0.05) is 5.38 Å². The number of aryl methyl sites for hydroxylation is 2. The highest BCUT2D eigenvalue weighted by Gasteiger charge is 2.18. The fourth-order valence-corrected chi connectivity index (χ4v) is 5.09. The minimum atomic E-state index is -1.07. The monoisotopic (exact) mass is 426 g/mol. The maximum absolute atomic E-state index is 12.2. The molecule has 1 aliphatic rings. The fourth-order valence-electron chi connectivity index (χ4n) is 3.35. The zero-order chi connectivity index (χ0) is 20.5. The molecule has 1 amide bonds. The summed E-state index contributed by atoms with van der Waals surface area (Å²) in [7, 11) is 0. The topological polar surface area (TPSA) is 99.0 Å². The lowest BCUT2D eigenvalue weighted by Crippen LogP contribution is -2.18. The van der Waals surface area contributed by atoms with Crippen LogP contribution in [0.5, 0.6) is 5.75 Å². The molecular weight excluding hydrogens is 408 g/mol. The molecule has 0 atom stereocenters. The van der Waals surface area contributed by atoms with Crippen molar-refractivity contribution in [3.63, 3.8) is 0 Å². The minimum Gasteiger partial charge on any atom is -0.506 e. The fraction of sp³-hybridized carbons (Fsp3) is 0.190. The molecule has 1 aliphatic carbocycles. The van der Waals surface area contributed by atoms with Crippen molar-refractivity contribution in [3.05, 3.63) is 62.2 Å². The summed E-state index contributed by atoms with van der Waals surface area (Å²) in [5.41, 5.74) is 7.15. The SMILES string of the molecule is C/C(=N\NC(=O)c1ccc(C(=O)O)s1)c1csc(-c2ccc3c(c2)CCC3)c1O. The van der Waals surface area contributed by atoms with Gasteiger partial charge in [-0.25, -0.2) is 10.2 Å². The Labute approximate surface area is 175 Å². The second-order valence-electron chi connectivity index (χ2n) is 6.77. The van der Waals surface area contributed by atoms with Gasteiger partial charge in [0.05, 0.1) is 21.0 Å². The van der Waals surface area contributed by atoms with Crippen LogP contribution in [0.25, 0.3) is 10.4 Å². The molecule has 3 N–H and O–H groups in total. The van der Waals surface area contributed by atoms with Crippen LogP contribution in [0.2, 0.25) is 0 Å². The molecule has 0 radical (unpaired) electrons. The Morgan fingerprint density at radius 3 is 2.62 bits per heavy atom. The zero-order valence-electron chi connectivity index (χ0n) is 15.6. The molecular formula is C21H18N2O4S2. The second-order valence-corrected chi connectivity index (χ2v) is 8.73. The lowest BCUT2D eigenvalue weighted by Gasteiger charge is -2.05. The van der Waals surface area contributed by atoms with Crippen molar-refractivity contribution in [3.8, 4) is 16.2 Å². The summed E-state index contributed by atoms with van der Waals surface area (Å²) >= 11 is 2.32. The van der Waals surface area contributed by atoms with Crippen LogP contribution in [-0.4, -0.2) is 27.8 Å². The van der Waals surface area contributed by atoms with Crippen molar-refractivity contribution in [2.24, 2.45) is 5.10 Å². The summed E-state index contributed by atoms with van der Waals surface area (Å²) < 4.78 is 0. The van der Waals surface area contributed by atoms with E-state index in [4.69, 9.17) is 5.11 Å². The van der Waals surface area contributed by atoms with Crippen LogP contribution in [0.4, 0.5) is 0 Å². The van der Waals surface area contributed by atoms with E-state index in [0.717, 1.165) is 34.6 Å². The maximum atomic E-state index is 12.2. The molecule has 4 rings (SSSR count). The van der Waals surface area contributed by atoms with Crippen LogP contribution < -0.4 is 5.43 Å². The highest BCUT2D eigenvalue weighted by atomic mass is 32.1. The van der Waals surface area contributed by atoms with Gasteiger partial charge in [0.15, 0.2) is 0 Å². The molecule has 148 valence electrons. The highest BCUT2D eigenvalue weighted by Crippen LogP contribution is 2.40. The summed E-state index contributed by atoms with van der Waals surface area (Å²) in [4.78, 5) is 24.2. The molecule has 0 unspecified atom stereocenters. The number of hydrogen-bond donors (Lipinski definition) is 3. The number of thiophene rings is 2. The number of rotatable bonds is 5. The van der Waals surface area contributed by atoms with Crippen LogP contribution >= 0.6 is 22.7 Å². The first-order valence-electron chi connectivity index (χ1n) is 9.05. The van der Waals surface area contributed by atoms with Gasteiger partial charge in [0.25, 0.3) is 5.91 Å². The normalized spacial score (nSPS) is 13.3. The van der Waals surface area contributed by atoms with Gasteiger partial charge in [-0.05, 0) is 61.1 Å². The number of aromatic hydroxyl groups is 1. The second kappa shape index (κ2) is 7.81. The maximum Gasteiger partial charge on any atom is 0.345 e. The minimum absolute atomic E-state index is 0.0883. The highest BCUT2D eigenvalue weighted by molar-refractivity contribution is 7.15. The van der Waals surface area contributed by atoms with Crippen molar-refractivity contribution in [1.29, 1.82) is 0 Å². The van der Waals surface area contributed by atoms with E-state index in [-0.39, 0.29) is 15.5 Å². The number of nitrogens with one attached hydrogen (secondary N) is 1. The third-order valence-electron chi connectivity index (χ3n) is 4.88. The predicted octanol–water partition coefficient (Wildman–Crippen LogP) is 4.52. The molecule has 2 heterocycles. The van der Waals surface area contributed by atoms with Crippen LogP contribution in [-0.2, 0) is 12.8 Å². The molecule has 0 bridgehead atoms. The Morgan fingerprint density at radius 1 is 1.10 bits per heavy atom. The van der Waals surface area contributed by atoms with Crippen molar-refractivity contribution >= 4 is 40.3 Å². The number of carboxylic acid groups (broad SMARTS) is 1. The Balaban J connectivity index is 1.52. The summed E-state index contributed by atoms with van der Waals surface area (Å²) in [6.45, 7) is 1.70. The standard InChI is InChI=1S/C21H18N2O4S2/c1-11(22-23-20(25)16-7-8-17(29-16)21(26)27)15-10-28-19(18(15)24)14-6-5-12-3-2-4-13(12)9-14/h5-10,24H,2-4H2,1H3,(H,23,25)(H,26,27)/b22-11+. The molecule has 0 spiro atoms. The average Bonchev–Trinajstić information content (AvgIpc) is 3.44. The van der Waals surface area contributed by atoms with Crippen LogP contribution in [0.3, 0.4) is 0 Å². The molecule has 8 heteroatoms. The van der Waals surface area contributed by atoms with E-state index in [9.17, 15) is 14.7 Å². The van der Waals surface area contributed by atoms with E-state index in [1.165, 1.54) is 41.0 Å².